The molecule has 138 valence electrons. The molecule has 0 aliphatic carbocycles. The van der Waals surface area contributed by atoms with Gasteiger partial charge >= 0.3 is 5.97 Å². The zero-order valence-corrected chi connectivity index (χ0v) is 15.9. The third-order valence-electron chi connectivity index (χ3n) is 4.36. The molecule has 1 aliphatic heterocycles. The Kier molecular flexibility index (Phi) is 5.14. The predicted octanol–water partition coefficient (Wildman–Crippen LogP) is 3.26. The summed E-state index contributed by atoms with van der Waals surface area (Å²) in [6, 6.07) is 12.7. The number of aryl methyl sites for hydroxylation is 1. The van der Waals surface area contributed by atoms with E-state index in [0.717, 1.165) is 14.9 Å². The summed E-state index contributed by atoms with van der Waals surface area (Å²) in [5.41, 5.74) is 1.78. The second-order valence-electron chi connectivity index (χ2n) is 6.24. The van der Waals surface area contributed by atoms with E-state index in [1.807, 2.05) is 6.92 Å². The molecule has 1 heterocycles. The van der Waals surface area contributed by atoms with Crippen LogP contribution >= 0.6 is 15.9 Å². The van der Waals surface area contributed by atoms with Gasteiger partial charge in [-0.25, -0.2) is 0 Å². The number of aliphatic hydroxyl groups excluding tert-OH is 1. The number of amides is 1. The van der Waals surface area contributed by atoms with Crippen molar-refractivity contribution in [1.29, 1.82) is 0 Å². The number of halogens is 1. The molecule has 2 N–H and O–H groups in total. The topological polar surface area (TPSA) is 94.9 Å². The number of carboxylic acids is 1. The van der Waals surface area contributed by atoms with Crippen molar-refractivity contribution in [3.8, 4) is 0 Å². The van der Waals surface area contributed by atoms with Crippen LogP contribution in [-0.4, -0.2) is 39.3 Å². The fraction of sp³-hybridized carbons (Fsp3) is 0.150. The van der Waals surface area contributed by atoms with Crippen molar-refractivity contribution in [3.05, 3.63) is 75.3 Å². The normalized spacial score (nSPS) is 18.7. The third kappa shape index (κ3) is 3.64. The van der Waals surface area contributed by atoms with Gasteiger partial charge in [0.15, 0.2) is 0 Å². The van der Waals surface area contributed by atoms with Crippen LogP contribution < -0.4 is 0 Å². The zero-order valence-electron chi connectivity index (χ0n) is 14.3. The minimum atomic E-state index is -1.24. The molecule has 3 rings (SSSR count). The molecule has 0 bridgehead atoms. The van der Waals surface area contributed by atoms with Crippen LogP contribution in [0.5, 0.6) is 0 Å². The lowest BCUT2D eigenvalue weighted by Crippen LogP contribution is -2.34. The number of benzene rings is 2. The van der Waals surface area contributed by atoms with Crippen LogP contribution in [0, 0.1) is 6.92 Å². The van der Waals surface area contributed by atoms with Crippen molar-refractivity contribution in [3.63, 3.8) is 0 Å². The van der Waals surface area contributed by atoms with Crippen molar-refractivity contribution < 1.29 is 24.6 Å². The molecule has 1 saturated heterocycles. The molecular formula is C20H16BrNO5. The van der Waals surface area contributed by atoms with E-state index < -0.39 is 30.2 Å². The van der Waals surface area contributed by atoms with E-state index in [9.17, 15) is 19.5 Å². The fourth-order valence-electron chi connectivity index (χ4n) is 3.05. The van der Waals surface area contributed by atoms with E-state index in [1.165, 1.54) is 0 Å². The monoisotopic (exact) mass is 429 g/mol. The van der Waals surface area contributed by atoms with E-state index in [4.69, 9.17) is 5.11 Å². The van der Waals surface area contributed by atoms with E-state index in [0.29, 0.717) is 11.1 Å². The smallest absolute Gasteiger partial charge is 0.323 e. The summed E-state index contributed by atoms with van der Waals surface area (Å²) >= 11 is 3.32. The van der Waals surface area contributed by atoms with E-state index in [-0.39, 0.29) is 11.3 Å². The molecule has 0 unspecified atom stereocenters. The van der Waals surface area contributed by atoms with Crippen molar-refractivity contribution in [2.75, 3.05) is 6.54 Å². The standard InChI is InChI=1S/C20H16BrNO5/c1-11-2-4-13(5-3-11)18(25)16-17(12-6-8-14(21)9-7-12)22(10-15(23)24)20(27)19(16)26/h2-9,17,25H,10H2,1H3,(H,23,24)/b18-16+/t17-/m1/s1. The van der Waals surface area contributed by atoms with Crippen molar-refractivity contribution >= 4 is 39.3 Å². The van der Waals surface area contributed by atoms with E-state index in [1.54, 1.807) is 48.5 Å². The summed E-state index contributed by atoms with van der Waals surface area (Å²) in [4.78, 5) is 37.3. The maximum atomic E-state index is 12.6. The van der Waals surface area contributed by atoms with Crippen LogP contribution in [0.15, 0.2) is 58.6 Å². The summed E-state index contributed by atoms with van der Waals surface area (Å²) < 4.78 is 0.792. The van der Waals surface area contributed by atoms with Gasteiger partial charge in [0.1, 0.15) is 12.3 Å². The highest BCUT2D eigenvalue weighted by Crippen LogP contribution is 2.39. The van der Waals surface area contributed by atoms with Crippen LogP contribution in [0.25, 0.3) is 5.76 Å². The van der Waals surface area contributed by atoms with E-state index >= 15 is 0 Å². The van der Waals surface area contributed by atoms with Gasteiger partial charge in [-0.05, 0) is 24.6 Å². The maximum absolute atomic E-state index is 12.6. The number of hydrogen-bond donors (Lipinski definition) is 2. The van der Waals surface area contributed by atoms with Gasteiger partial charge in [-0.2, -0.15) is 0 Å². The van der Waals surface area contributed by atoms with Gasteiger partial charge in [-0.3, -0.25) is 14.4 Å². The average Bonchev–Trinajstić information content (AvgIpc) is 2.87. The molecule has 1 fully saturated rings. The van der Waals surface area contributed by atoms with Gasteiger partial charge in [0, 0.05) is 10.0 Å². The summed E-state index contributed by atoms with van der Waals surface area (Å²) in [5, 5.41) is 19.9. The number of Topliss-reactive ketones (excluding diaryl/α,β-unsaturated/α-hetero) is 1. The Balaban J connectivity index is 2.19. The van der Waals surface area contributed by atoms with Crippen LogP contribution in [-0.2, 0) is 14.4 Å². The summed E-state index contributed by atoms with van der Waals surface area (Å²) in [6.45, 7) is 1.24. The molecule has 0 aromatic heterocycles. The number of carbonyl (C=O) groups is 3. The molecule has 7 heteroatoms. The minimum Gasteiger partial charge on any atom is -0.507 e. The second-order valence-corrected chi connectivity index (χ2v) is 7.15. The first-order chi connectivity index (χ1) is 12.8. The first-order valence-corrected chi connectivity index (χ1v) is 8.91. The predicted molar refractivity (Wildman–Crippen MR) is 102 cm³/mol. The van der Waals surface area contributed by atoms with Crippen LogP contribution in [0.3, 0.4) is 0 Å². The molecule has 0 spiro atoms. The molecule has 2 aromatic rings. The number of aliphatic hydroxyl groups is 1. The number of carboxylic acid groups (broad SMARTS) is 1. The lowest BCUT2D eigenvalue weighted by Gasteiger charge is -2.23. The Morgan fingerprint density at radius 1 is 1.04 bits per heavy atom. The lowest BCUT2D eigenvalue weighted by molar-refractivity contribution is -0.146. The van der Waals surface area contributed by atoms with Crippen LogP contribution in [0.1, 0.15) is 22.7 Å². The molecular weight excluding hydrogens is 414 g/mol. The SMILES string of the molecule is Cc1ccc(/C(O)=C2\C(=O)C(=O)N(CC(=O)O)[C@@H]2c2ccc(Br)cc2)cc1. The van der Waals surface area contributed by atoms with Crippen molar-refractivity contribution in [2.24, 2.45) is 0 Å². The highest BCUT2D eigenvalue weighted by molar-refractivity contribution is 9.10. The zero-order chi connectivity index (χ0) is 19.7. The Labute approximate surface area is 163 Å². The summed E-state index contributed by atoms with van der Waals surface area (Å²) in [7, 11) is 0. The average molecular weight is 430 g/mol. The number of ketones is 1. The minimum absolute atomic E-state index is 0.118. The van der Waals surface area contributed by atoms with Gasteiger partial charge in [-0.1, -0.05) is 57.9 Å². The summed E-state index contributed by atoms with van der Waals surface area (Å²) in [6.07, 6.45) is 0. The van der Waals surface area contributed by atoms with Crippen LogP contribution in [0.4, 0.5) is 0 Å². The Morgan fingerprint density at radius 2 is 1.63 bits per heavy atom. The molecule has 2 aromatic carbocycles. The quantitative estimate of drug-likeness (QED) is 0.441. The number of carbonyl (C=O) groups excluding carboxylic acids is 2. The highest BCUT2D eigenvalue weighted by atomic mass is 79.9. The number of rotatable bonds is 4. The Bertz CT molecular complexity index is 947. The van der Waals surface area contributed by atoms with Gasteiger partial charge in [0.25, 0.3) is 11.7 Å². The molecule has 0 saturated carbocycles. The largest absolute Gasteiger partial charge is 0.507 e. The first-order valence-electron chi connectivity index (χ1n) is 8.12. The van der Waals surface area contributed by atoms with Gasteiger partial charge in [-0.15, -0.1) is 0 Å². The first kappa shape index (κ1) is 18.8. The molecule has 1 amide bonds. The fourth-order valence-corrected chi connectivity index (χ4v) is 3.31. The van der Waals surface area contributed by atoms with Gasteiger partial charge in [0.2, 0.25) is 0 Å². The summed E-state index contributed by atoms with van der Waals surface area (Å²) in [5.74, 6) is -3.41. The molecule has 27 heavy (non-hydrogen) atoms. The van der Waals surface area contributed by atoms with Crippen molar-refractivity contribution in [1.82, 2.24) is 4.90 Å². The molecule has 6 nitrogen and oxygen atoms in total. The second kappa shape index (κ2) is 7.36. The third-order valence-corrected chi connectivity index (χ3v) is 4.88. The highest BCUT2D eigenvalue weighted by Gasteiger charge is 2.46. The van der Waals surface area contributed by atoms with Crippen LogP contribution in [0.2, 0.25) is 0 Å². The lowest BCUT2D eigenvalue weighted by atomic mass is 9.95. The molecule has 1 atom stereocenters. The Morgan fingerprint density at radius 3 is 2.19 bits per heavy atom. The number of nitrogens with zero attached hydrogens (tertiary/aromatic N) is 1. The van der Waals surface area contributed by atoms with Crippen molar-refractivity contribution in [2.45, 2.75) is 13.0 Å². The van der Waals surface area contributed by atoms with Gasteiger partial charge < -0.3 is 15.1 Å². The molecule has 1 aliphatic rings. The number of likely N-dealkylation sites (tertiary alicyclic amines) is 1. The molecule has 0 radical (unpaired) electrons. The Hall–Kier alpha value is -2.93. The maximum Gasteiger partial charge on any atom is 0.323 e. The number of aliphatic carboxylic acids is 1. The van der Waals surface area contributed by atoms with E-state index in [2.05, 4.69) is 15.9 Å². The number of hydrogen-bond acceptors (Lipinski definition) is 4. The van der Waals surface area contributed by atoms with Gasteiger partial charge in [0.05, 0.1) is 11.6 Å².